The largest absolute Gasteiger partial charge is 0.338 e. The summed E-state index contributed by atoms with van der Waals surface area (Å²) in [7, 11) is 0. The van der Waals surface area contributed by atoms with E-state index in [1.807, 2.05) is 6.92 Å². The maximum atomic E-state index is 11.9. The molecule has 0 radical (unpaired) electrons. The zero-order valence-electron chi connectivity index (χ0n) is 8.50. The van der Waals surface area contributed by atoms with Crippen LogP contribution >= 0.6 is 34.5 Å². The Balaban J connectivity index is 2.64. The summed E-state index contributed by atoms with van der Waals surface area (Å²) >= 11 is 12.7. The lowest BCUT2D eigenvalue weighted by atomic mass is 10.3. The molecule has 0 aliphatic rings. The fraction of sp³-hybridized carbons (Fsp3) is 0.500. The number of hydrogen-bond acceptors (Lipinski definition) is 2. The van der Waals surface area contributed by atoms with Crippen molar-refractivity contribution in [1.29, 1.82) is 0 Å². The molecule has 5 heteroatoms. The molecular weight excluding hydrogens is 253 g/mol. The van der Waals surface area contributed by atoms with Crippen molar-refractivity contribution in [3.63, 3.8) is 0 Å². The first kappa shape index (κ1) is 12.8. The number of alkyl halides is 1. The maximum absolute atomic E-state index is 11.9. The Morgan fingerprint density at radius 2 is 2.27 bits per heavy atom. The van der Waals surface area contributed by atoms with Crippen LogP contribution in [-0.2, 0) is 0 Å². The van der Waals surface area contributed by atoms with Crippen molar-refractivity contribution in [2.45, 2.75) is 13.3 Å². The Kier molecular flexibility index (Phi) is 5.43. The van der Waals surface area contributed by atoms with Crippen LogP contribution in [0, 0.1) is 0 Å². The van der Waals surface area contributed by atoms with Gasteiger partial charge in [-0.25, -0.2) is 0 Å². The van der Waals surface area contributed by atoms with Gasteiger partial charge in [0.25, 0.3) is 5.91 Å². The molecule has 1 amide bonds. The smallest absolute Gasteiger partial charge is 0.263 e. The van der Waals surface area contributed by atoms with Crippen molar-refractivity contribution in [2.24, 2.45) is 0 Å². The number of amides is 1. The first-order valence-electron chi connectivity index (χ1n) is 4.79. The van der Waals surface area contributed by atoms with Gasteiger partial charge in [0, 0.05) is 19.0 Å². The predicted molar refractivity (Wildman–Crippen MR) is 66.2 cm³/mol. The highest BCUT2D eigenvalue weighted by atomic mass is 35.5. The lowest BCUT2D eigenvalue weighted by molar-refractivity contribution is 0.0769. The third-order valence-electron chi connectivity index (χ3n) is 2.01. The number of rotatable bonds is 5. The quantitative estimate of drug-likeness (QED) is 0.747. The predicted octanol–water partition coefficient (Wildman–Crippen LogP) is 3.49. The topological polar surface area (TPSA) is 20.3 Å². The lowest BCUT2D eigenvalue weighted by Crippen LogP contribution is -2.31. The van der Waals surface area contributed by atoms with E-state index < -0.39 is 0 Å². The van der Waals surface area contributed by atoms with Crippen molar-refractivity contribution >= 4 is 40.4 Å². The van der Waals surface area contributed by atoms with E-state index in [0.29, 0.717) is 28.2 Å². The molecule has 0 atom stereocenters. The zero-order valence-corrected chi connectivity index (χ0v) is 10.8. The average molecular weight is 266 g/mol. The SMILES string of the molecule is CCN(CCCCl)C(=O)c1ccc(Cl)s1. The van der Waals surface area contributed by atoms with Crippen LogP contribution < -0.4 is 0 Å². The summed E-state index contributed by atoms with van der Waals surface area (Å²) in [6.45, 7) is 3.36. The van der Waals surface area contributed by atoms with E-state index in [4.69, 9.17) is 23.2 Å². The molecule has 0 saturated heterocycles. The number of nitrogens with zero attached hydrogens (tertiary/aromatic N) is 1. The van der Waals surface area contributed by atoms with Crippen molar-refractivity contribution in [3.8, 4) is 0 Å². The molecule has 84 valence electrons. The monoisotopic (exact) mass is 265 g/mol. The Hall–Kier alpha value is -0.250. The van der Waals surface area contributed by atoms with Gasteiger partial charge in [0.15, 0.2) is 0 Å². The maximum Gasteiger partial charge on any atom is 0.263 e. The number of carbonyl (C=O) groups excluding carboxylic acids is 1. The third-order valence-corrected chi connectivity index (χ3v) is 3.50. The summed E-state index contributed by atoms with van der Waals surface area (Å²) in [5, 5.41) is 0. The summed E-state index contributed by atoms with van der Waals surface area (Å²) in [5.41, 5.74) is 0. The van der Waals surface area contributed by atoms with Gasteiger partial charge in [-0.3, -0.25) is 4.79 Å². The van der Waals surface area contributed by atoms with Gasteiger partial charge in [-0.15, -0.1) is 22.9 Å². The minimum Gasteiger partial charge on any atom is -0.338 e. The standard InChI is InChI=1S/C10H13Cl2NOS/c1-2-13(7-3-6-11)10(14)8-4-5-9(12)15-8/h4-5H,2-3,6-7H2,1H3. The van der Waals surface area contributed by atoms with Crippen molar-refractivity contribution in [3.05, 3.63) is 21.3 Å². The molecule has 2 nitrogen and oxygen atoms in total. The molecule has 0 saturated carbocycles. The van der Waals surface area contributed by atoms with Gasteiger partial charge in [-0.05, 0) is 25.5 Å². The highest BCUT2D eigenvalue weighted by molar-refractivity contribution is 7.17. The summed E-state index contributed by atoms with van der Waals surface area (Å²) in [6.07, 6.45) is 0.820. The molecule has 0 unspecified atom stereocenters. The first-order valence-corrected chi connectivity index (χ1v) is 6.52. The minimum absolute atomic E-state index is 0.0412. The zero-order chi connectivity index (χ0) is 11.3. The third kappa shape index (κ3) is 3.67. The van der Waals surface area contributed by atoms with Crippen molar-refractivity contribution in [1.82, 2.24) is 4.90 Å². The second kappa shape index (κ2) is 6.36. The summed E-state index contributed by atoms with van der Waals surface area (Å²) in [4.78, 5) is 14.4. The van der Waals surface area contributed by atoms with Crippen LogP contribution in [0.1, 0.15) is 23.0 Å². The molecule has 1 rings (SSSR count). The number of halogens is 2. The Bertz CT molecular complexity index is 327. The van der Waals surface area contributed by atoms with E-state index in [0.717, 1.165) is 6.42 Å². The van der Waals surface area contributed by atoms with Gasteiger partial charge < -0.3 is 4.90 Å². The van der Waals surface area contributed by atoms with Gasteiger partial charge >= 0.3 is 0 Å². The molecule has 0 aliphatic carbocycles. The molecule has 0 N–H and O–H groups in total. The van der Waals surface area contributed by atoms with Gasteiger partial charge in [-0.1, -0.05) is 11.6 Å². The number of thiophene rings is 1. The summed E-state index contributed by atoms with van der Waals surface area (Å²) < 4.78 is 0.645. The fourth-order valence-electron chi connectivity index (χ4n) is 1.24. The van der Waals surface area contributed by atoms with Gasteiger partial charge in [-0.2, -0.15) is 0 Å². The highest BCUT2D eigenvalue weighted by Crippen LogP contribution is 2.22. The van der Waals surface area contributed by atoms with Gasteiger partial charge in [0.1, 0.15) is 0 Å². The van der Waals surface area contributed by atoms with Crippen molar-refractivity contribution in [2.75, 3.05) is 19.0 Å². The minimum atomic E-state index is 0.0412. The number of carbonyl (C=O) groups is 1. The van der Waals surface area contributed by atoms with Crippen LogP contribution in [0.3, 0.4) is 0 Å². The molecule has 15 heavy (non-hydrogen) atoms. The van der Waals surface area contributed by atoms with E-state index in [1.165, 1.54) is 11.3 Å². The molecule has 0 bridgehead atoms. The Labute approximate surface area is 104 Å². The molecule has 0 aliphatic heterocycles. The van der Waals surface area contributed by atoms with Crippen LogP contribution in [0.2, 0.25) is 4.34 Å². The summed E-state index contributed by atoms with van der Waals surface area (Å²) in [5.74, 6) is 0.620. The molecular formula is C10H13Cl2NOS. The fourth-order valence-corrected chi connectivity index (χ4v) is 2.37. The molecule has 0 fully saturated rings. The Morgan fingerprint density at radius 3 is 2.73 bits per heavy atom. The van der Waals surface area contributed by atoms with Gasteiger partial charge in [0.2, 0.25) is 0 Å². The van der Waals surface area contributed by atoms with E-state index >= 15 is 0 Å². The molecule has 0 aromatic carbocycles. The van der Waals surface area contributed by atoms with Crippen LogP contribution in [0.25, 0.3) is 0 Å². The van der Waals surface area contributed by atoms with Crippen molar-refractivity contribution < 1.29 is 4.79 Å². The molecule has 1 aromatic rings. The molecule has 0 spiro atoms. The van der Waals surface area contributed by atoms with Crippen LogP contribution in [-0.4, -0.2) is 29.8 Å². The van der Waals surface area contributed by atoms with Crippen LogP contribution in [0.4, 0.5) is 0 Å². The van der Waals surface area contributed by atoms with Crippen LogP contribution in [0.15, 0.2) is 12.1 Å². The van der Waals surface area contributed by atoms with Crippen LogP contribution in [0.5, 0.6) is 0 Å². The number of hydrogen-bond donors (Lipinski definition) is 0. The first-order chi connectivity index (χ1) is 7.19. The molecule has 1 heterocycles. The second-order valence-corrected chi connectivity index (χ2v) is 5.12. The van der Waals surface area contributed by atoms with Gasteiger partial charge in [0.05, 0.1) is 9.21 Å². The van der Waals surface area contributed by atoms with E-state index in [2.05, 4.69) is 0 Å². The Morgan fingerprint density at radius 1 is 1.53 bits per heavy atom. The highest BCUT2D eigenvalue weighted by Gasteiger charge is 2.15. The van der Waals surface area contributed by atoms with E-state index in [1.54, 1.807) is 17.0 Å². The molecule has 1 aromatic heterocycles. The lowest BCUT2D eigenvalue weighted by Gasteiger charge is -2.19. The average Bonchev–Trinajstić information content (AvgIpc) is 2.65. The van der Waals surface area contributed by atoms with E-state index in [9.17, 15) is 4.79 Å². The summed E-state index contributed by atoms with van der Waals surface area (Å²) in [6, 6.07) is 3.51. The second-order valence-electron chi connectivity index (χ2n) is 3.03. The normalized spacial score (nSPS) is 10.3. The van der Waals surface area contributed by atoms with E-state index in [-0.39, 0.29) is 5.91 Å².